The summed E-state index contributed by atoms with van der Waals surface area (Å²) in [6, 6.07) is 4.70. The number of hydrogen-bond donors (Lipinski definition) is 2. The third-order valence-electron chi connectivity index (χ3n) is 2.21. The van der Waals surface area contributed by atoms with E-state index >= 15 is 0 Å². The van der Waals surface area contributed by atoms with Crippen LogP contribution in [-0.2, 0) is 10.0 Å². The number of nitrogens with zero attached hydrogens (tertiary/aromatic N) is 1. The van der Waals surface area contributed by atoms with Crippen LogP contribution >= 0.6 is 11.3 Å². The Labute approximate surface area is 104 Å². The number of benzene rings is 1. The zero-order valence-electron chi connectivity index (χ0n) is 9.30. The van der Waals surface area contributed by atoms with Crippen molar-refractivity contribution in [3.63, 3.8) is 0 Å². The van der Waals surface area contributed by atoms with Crippen LogP contribution in [0.2, 0.25) is 0 Å². The summed E-state index contributed by atoms with van der Waals surface area (Å²) in [6.07, 6.45) is 1.01. The molecule has 0 unspecified atom stereocenters. The number of anilines is 1. The van der Waals surface area contributed by atoms with Crippen LogP contribution < -0.4 is 10.5 Å². The Hall–Kier alpha value is -1.18. The SMILES string of the molecule is CCCNc1nc2ccc(S(N)(=O)=O)cc2s1. The minimum atomic E-state index is -3.64. The minimum Gasteiger partial charge on any atom is -0.361 e. The topological polar surface area (TPSA) is 85.1 Å². The maximum atomic E-state index is 11.2. The Balaban J connectivity index is 2.41. The maximum absolute atomic E-state index is 11.2. The van der Waals surface area contributed by atoms with Crippen molar-refractivity contribution in [2.24, 2.45) is 5.14 Å². The zero-order valence-corrected chi connectivity index (χ0v) is 10.9. The second-order valence-electron chi connectivity index (χ2n) is 3.62. The quantitative estimate of drug-likeness (QED) is 0.887. The van der Waals surface area contributed by atoms with Gasteiger partial charge in [-0.3, -0.25) is 0 Å². The summed E-state index contributed by atoms with van der Waals surface area (Å²) in [6.45, 7) is 2.92. The lowest BCUT2D eigenvalue weighted by molar-refractivity contribution is 0.598. The van der Waals surface area contributed by atoms with Gasteiger partial charge in [0.25, 0.3) is 0 Å². The molecule has 1 heterocycles. The minimum absolute atomic E-state index is 0.121. The molecule has 0 radical (unpaired) electrons. The second-order valence-corrected chi connectivity index (χ2v) is 6.21. The van der Waals surface area contributed by atoms with Gasteiger partial charge < -0.3 is 5.32 Å². The highest BCUT2D eigenvalue weighted by Gasteiger charge is 2.10. The van der Waals surface area contributed by atoms with Crippen molar-refractivity contribution in [2.45, 2.75) is 18.2 Å². The summed E-state index contributed by atoms with van der Waals surface area (Å²) < 4.78 is 23.2. The van der Waals surface area contributed by atoms with E-state index in [1.807, 2.05) is 0 Å². The molecule has 3 N–H and O–H groups in total. The molecular weight excluding hydrogens is 258 g/mol. The van der Waals surface area contributed by atoms with Crippen LogP contribution in [0.5, 0.6) is 0 Å². The van der Waals surface area contributed by atoms with Gasteiger partial charge in [0.1, 0.15) is 0 Å². The molecule has 1 aromatic heterocycles. The predicted molar refractivity (Wildman–Crippen MR) is 69.8 cm³/mol. The fourth-order valence-corrected chi connectivity index (χ4v) is 2.93. The summed E-state index contributed by atoms with van der Waals surface area (Å²) in [5.74, 6) is 0. The van der Waals surface area contributed by atoms with E-state index in [0.29, 0.717) is 0 Å². The molecule has 0 saturated heterocycles. The average Bonchev–Trinajstić information content (AvgIpc) is 2.66. The lowest BCUT2D eigenvalue weighted by atomic mass is 10.3. The molecule has 7 heteroatoms. The molecule has 17 heavy (non-hydrogen) atoms. The van der Waals surface area contributed by atoms with Gasteiger partial charge in [-0.1, -0.05) is 18.3 Å². The number of hydrogen-bond acceptors (Lipinski definition) is 5. The van der Waals surface area contributed by atoms with Crippen LogP contribution in [0.4, 0.5) is 5.13 Å². The Morgan fingerprint density at radius 1 is 1.47 bits per heavy atom. The third kappa shape index (κ3) is 2.74. The molecular formula is C10H13N3O2S2. The molecule has 0 atom stereocenters. The molecule has 92 valence electrons. The van der Waals surface area contributed by atoms with Crippen LogP contribution in [0.3, 0.4) is 0 Å². The van der Waals surface area contributed by atoms with E-state index in [4.69, 9.17) is 5.14 Å². The number of thiazole rings is 1. The number of aromatic nitrogens is 1. The normalized spacial score (nSPS) is 11.9. The molecule has 0 spiro atoms. The summed E-state index contributed by atoms with van der Waals surface area (Å²) in [5.41, 5.74) is 0.779. The van der Waals surface area contributed by atoms with Crippen LogP contribution in [0.25, 0.3) is 10.2 Å². The predicted octanol–water partition coefficient (Wildman–Crippen LogP) is 1.77. The van der Waals surface area contributed by atoms with Crippen LogP contribution in [-0.4, -0.2) is 19.9 Å². The molecule has 0 bridgehead atoms. The van der Waals surface area contributed by atoms with E-state index in [9.17, 15) is 8.42 Å². The van der Waals surface area contributed by atoms with Crippen molar-refractivity contribution in [1.29, 1.82) is 0 Å². The van der Waals surface area contributed by atoms with Gasteiger partial charge in [0.05, 0.1) is 15.1 Å². The Morgan fingerprint density at radius 3 is 2.88 bits per heavy atom. The first-order valence-corrected chi connectivity index (χ1v) is 7.54. The fraction of sp³-hybridized carbons (Fsp3) is 0.300. The number of sulfonamides is 1. The summed E-state index contributed by atoms with van der Waals surface area (Å²) >= 11 is 1.43. The first kappa shape index (κ1) is 12.3. The number of nitrogens with two attached hydrogens (primary N) is 1. The number of fused-ring (bicyclic) bond motifs is 1. The smallest absolute Gasteiger partial charge is 0.238 e. The summed E-state index contributed by atoms with van der Waals surface area (Å²) in [4.78, 5) is 4.47. The Morgan fingerprint density at radius 2 is 2.24 bits per heavy atom. The highest BCUT2D eigenvalue weighted by molar-refractivity contribution is 7.89. The molecule has 0 aliphatic rings. The van der Waals surface area contributed by atoms with Gasteiger partial charge >= 0.3 is 0 Å². The van der Waals surface area contributed by atoms with Gasteiger partial charge in [0, 0.05) is 6.54 Å². The largest absolute Gasteiger partial charge is 0.361 e. The van der Waals surface area contributed by atoms with Crippen molar-refractivity contribution in [3.05, 3.63) is 18.2 Å². The van der Waals surface area contributed by atoms with Gasteiger partial charge in [-0.2, -0.15) is 0 Å². The van der Waals surface area contributed by atoms with Gasteiger partial charge in [0.15, 0.2) is 5.13 Å². The lowest BCUT2D eigenvalue weighted by Gasteiger charge is -1.95. The molecule has 5 nitrogen and oxygen atoms in total. The van der Waals surface area contributed by atoms with Gasteiger partial charge in [-0.15, -0.1) is 0 Å². The molecule has 2 rings (SSSR count). The van der Waals surface area contributed by atoms with Crippen molar-refractivity contribution in [1.82, 2.24) is 4.98 Å². The van der Waals surface area contributed by atoms with E-state index in [2.05, 4.69) is 17.2 Å². The van der Waals surface area contributed by atoms with Crippen LogP contribution in [0.1, 0.15) is 13.3 Å². The van der Waals surface area contributed by atoms with Crippen molar-refractivity contribution in [3.8, 4) is 0 Å². The summed E-state index contributed by atoms with van der Waals surface area (Å²) in [5, 5.41) is 9.04. The van der Waals surface area contributed by atoms with Crippen LogP contribution in [0.15, 0.2) is 23.1 Å². The van der Waals surface area contributed by atoms with E-state index in [-0.39, 0.29) is 4.90 Å². The molecule has 0 amide bonds. The number of nitrogens with one attached hydrogen (secondary N) is 1. The van der Waals surface area contributed by atoms with Gasteiger partial charge in [-0.05, 0) is 24.6 Å². The monoisotopic (exact) mass is 271 g/mol. The van der Waals surface area contributed by atoms with E-state index in [1.54, 1.807) is 12.1 Å². The van der Waals surface area contributed by atoms with E-state index in [0.717, 1.165) is 28.3 Å². The molecule has 0 fully saturated rings. The molecule has 0 aliphatic carbocycles. The van der Waals surface area contributed by atoms with Crippen LogP contribution in [0, 0.1) is 0 Å². The van der Waals surface area contributed by atoms with Crippen molar-refractivity contribution < 1.29 is 8.42 Å². The molecule has 2 aromatic rings. The van der Waals surface area contributed by atoms with E-state index in [1.165, 1.54) is 17.4 Å². The van der Waals surface area contributed by atoms with Crippen molar-refractivity contribution in [2.75, 3.05) is 11.9 Å². The van der Waals surface area contributed by atoms with Crippen molar-refractivity contribution >= 4 is 36.7 Å². The number of primary sulfonamides is 1. The van der Waals surface area contributed by atoms with E-state index < -0.39 is 10.0 Å². The zero-order chi connectivity index (χ0) is 12.5. The molecule has 1 aromatic carbocycles. The average molecular weight is 271 g/mol. The molecule has 0 aliphatic heterocycles. The lowest BCUT2D eigenvalue weighted by Crippen LogP contribution is -2.11. The Bertz CT molecular complexity index is 634. The highest BCUT2D eigenvalue weighted by Crippen LogP contribution is 2.27. The third-order valence-corrected chi connectivity index (χ3v) is 4.10. The standard InChI is InChI=1S/C10H13N3O2S2/c1-2-5-12-10-13-8-4-3-7(17(11,14)15)6-9(8)16-10/h3-4,6H,2,5H2,1H3,(H,12,13)(H2,11,14,15). The first-order chi connectivity index (χ1) is 8.00. The summed E-state index contributed by atoms with van der Waals surface area (Å²) in [7, 11) is -3.64. The Kier molecular flexibility index (Phi) is 3.32. The molecule has 0 saturated carbocycles. The maximum Gasteiger partial charge on any atom is 0.238 e. The first-order valence-electron chi connectivity index (χ1n) is 5.18. The van der Waals surface area contributed by atoms with Gasteiger partial charge in [0.2, 0.25) is 10.0 Å². The fourth-order valence-electron chi connectivity index (χ4n) is 1.39. The second kappa shape index (κ2) is 4.59. The number of rotatable bonds is 4. The highest BCUT2D eigenvalue weighted by atomic mass is 32.2. The van der Waals surface area contributed by atoms with Gasteiger partial charge in [-0.25, -0.2) is 18.5 Å².